The highest BCUT2D eigenvalue weighted by molar-refractivity contribution is 5.98. The predicted molar refractivity (Wildman–Crippen MR) is 123 cm³/mol. The Morgan fingerprint density at radius 3 is 2.14 bits per heavy atom. The Balaban J connectivity index is 2.68. The van der Waals surface area contributed by atoms with Crippen LogP contribution in [0.1, 0.15) is 80.6 Å². The van der Waals surface area contributed by atoms with E-state index in [0.29, 0.717) is 0 Å². The zero-order valence-electron chi connectivity index (χ0n) is 19.9. The highest BCUT2D eigenvalue weighted by atomic mass is 16.7. The zero-order chi connectivity index (χ0) is 22.0. The van der Waals surface area contributed by atoms with Crippen LogP contribution in [0, 0.1) is 11.8 Å². The van der Waals surface area contributed by atoms with Gasteiger partial charge >= 0.3 is 0 Å². The summed E-state index contributed by atoms with van der Waals surface area (Å²) >= 11 is 0. The Bertz CT molecular complexity index is 659. The number of carbonyl (C=O) groups excluding carboxylic acids is 1. The van der Waals surface area contributed by atoms with Gasteiger partial charge in [-0.1, -0.05) is 41.9 Å². The van der Waals surface area contributed by atoms with Crippen LogP contribution in [0.2, 0.25) is 0 Å². The summed E-state index contributed by atoms with van der Waals surface area (Å²) in [7, 11) is 1.64. The van der Waals surface area contributed by atoms with Gasteiger partial charge in [-0.15, -0.1) is 0 Å². The maximum Gasteiger partial charge on any atom is 0.161 e. The quantitative estimate of drug-likeness (QED) is 0.277. The lowest BCUT2D eigenvalue weighted by Crippen LogP contribution is -2.39. The molecule has 0 aromatic rings. The van der Waals surface area contributed by atoms with Crippen LogP contribution in [0.3, 0.4) is 0 Å². The summed E-state index contributed by atoms with van der Waals surface area (Å²) in [6.07, 6.45) is 12.2. The van der Waals surface area contributed by atoms with Gasteiger partial charge in [0, 0.05) is 18.9 Å². The van der Waals surface area contributed by atoms with Crippen molar-refractivity contribution in [1.82, 2.24) is 0 Å². The van der Waals surface area contributed by atoms with Crippen molar-refractivity contribution in [2.75, 3.05) is 13.9 Å². The average molecular weight is 403 g/mol. The molecule has 0 saturated heterocycles. The summed E-state index contributed by atoms with van der Waals surface area (Å²) in [5.74, 6) is 0.394. The number of rotatable bonds is 11. The van der Waals surface area contributed by atoms with E-state index in [1.165, 1.54) is 16.7 Å². The third-order valence-corrected chi connectivity index (χ3v) is 6.06. The van der Waals surface area contributed by atoms with Crippen molar-refractivity contribution in [2.24, 2.45) is 11.8 Å². The van der Waals surface area contributed by atoms with Gasteiger partial charge < -0.3 is 9.47 Å². The molecule has 0 N–H and O–H groups in total. The molecule has 0 aromatic carbocycles. The SMILES string of the molecule is COCO[C@@H]1C(C)=C(C)C(=O)[C@@H](C)[C@@H]1C/C=C(\C)CC/C=C(\C)CCC=C(C)C. The zero-order valence-corrected chi connectivity index (χ0v) is 19.9. The van der Waals surface area contributed by atoms with Gasteiger partial charge in [0.2, 0.25) is 0 Å². The first-order valence-electron chi connectivity index (χ1n) is 11.0. The molecule has 0 heterocycles. The third-order valence-electron chi connectivity index (χ3n) is 6.06. The molecule has 0 unspecified atom stereocenters. The molecule has 1 aliphatic carbocycles. The van der Waals surface area contributed by atoms with E-state index in [4.69, 9.17) is 9.47 Å². The number of Topliss-reactive ketones (excluding diaryl/α,β-unsaturated/α-hetero) is 1. The van der Waals surface area contributed by atoms with Gasteiger partial charge in [0.15, 0.2) is 5.78 Å². The number of carbonyl (C=O) groups is 1. The van der Waals surface area contributed by atoms with Crippen LogP contribution in [0.15, 0.2) is 46.1 Å². The lowest BCUT2D eigenvalue weighted by Gasteiger charge is -2.36. The van der Waals surface area contributed by atoms with Crippen molar-refractivity contribution in [2.45, 2.75) is 86.7 Å². The molecule has 0 aromatic heterocycles. The summed E-state index contributed by atoms with van der Waals surface area (Å²) in [5.41, 5.74) is 6.14. The van der Waals surface area contributed by atoms with Gasteiger partial charge in [-0.05, 0) is 84.8 Å². The molecule has 3 atom stereocenters. The van der Waals surface area contributed by atoms with Crippen LogP contribution in [-0.4, -0.2) is 25.8 Å². The summed E-state index contributed by atoms with van der Waals surface area (Å²) in [4.78, 5) is 12.6. The molecule has 3 heteroatoms. The van der Waals surface area contributed by atoms with Crippen molar-refractivity contribution in [3.05, 3.63) is 46.1 Å². The van der Waals surface area contributed by atoms with Gasteiger partial charge in [0.25, 0.3) is 0 Å². The molecule has 0 saturated carbocycles. The normalized spacial score (nSPS) is 23.6. The Labute approximate surface area is 178 Å². The molecule has 0 fully saturated rings. The van der Waals surface area contributed by atoms with Crippen LogP contribution in [0.4, 0.5) is 0 Å². The van der Waals surface area contributed by atoms with Crippen LogP contribution in [0.25, 0.3) is 0 Å². The Morgan fingerprint density at radius 2 is 1.55 bits per heavy atom. The maximum atomic E-state index is 12.6. The molecule has 29 heavy (non-hydrogen) atoms. The van der Waals surface area contributed by atoms with E-state index in [9.17, 15) is 4.79 Å². The topological polar surface area (TPSA) is 35.5 Å². The van der Waals surface area contributed by atoms with Gasteiger partial charge in [0.05, 0.1) is 6.10 Å². The van der Waals surface area contributed by atoms with E-state index in [2.05, 4.69) is 45.9 Å². The fourth-order valence-electron chi connectivity index (χ4n) is 3.92. The van der Waals surface area contributed by atoms with E-state index in [1.807, 2.05) is 20.8 Å². The smallest absolute Gasteiger partial charge is 0.161 e. The lowest BCUT2D eigenvalue weighted by molar-refractivity contribution is -0.128. The van der Waals surface area contributed by atoms with Gasteiger partial charge in [0.1, 0.15) is 6.79 Å². The molecule has 0 radical (unpaired) electrons. The first-order chi connectivity index (χ1) is 13.7. The first kappa shape index (κ1) is 25.6. The minimum absolute atomic E-state index is 0.0261. The van der Waals surface area contributed by atoms with Crippen LogP contribution in [-0.2, 0) is 14.3 Å². The van der Waals surface area contributed by atoms with Crippen molar-refractivity contribution in [3.8, 4) is 0 Å². The van der Waals surface area contributed by atoms with Gasteiger partial charge in [-0.3, -0.25) is 4.79 Å². The molecular weight excluding hydrogens is 360 g/mol. The second kappa shape index (κ2) is 13.0. The molecule has 1 rings (SSSR count). The number of methoxy groups -OCH3 is 1. The Morgan fingerprint density at radius 1 is 0.966 bits per heavy atom. The third kappa shape index (κ3) is 8.44. The van der Waals surface area contributed by atoms with Crippen LogP contribution in [0.5, 0.6) is 0 Å². The first-order valence-corrected chi connectivity index (χ1v) is 11.0. The summed E-state index contributed by atoms with van der Waals surface area (Å²) in [6.45, 7) is 14.9. The maximum absolute atomic E-state index is 12.6. The van der Waals surface area contributed by atoms with E-state index >= 15 is 0 Å². The summed E-state index contributed by atoms with van der Waals surface area (Å²) in [5, 5.41) is 0. The molecular formula is C26H42O3. The molecule has 1 aliphatic rings. The monoisotopic (exact) mass is 402 g/mol. The molecule has 164 valence electrons. The molecule has 0 bridgehead atoms. The fourth-order valence-corrected chi connectivity index (χ4v) is 3.92. The highest BCUT2D eigenvalue weighted by Gasteiger charge is 2.38. The highest BCUT2D eigenvalue weighted by Crippen LogP contribution is 2.36. The van der Waals surface area contributed by atoms with E-state index < -0.39 is 0 Å². The minimum atomic E-state index is -0.0519. The van der Waals surface area contributed by atoms with Crippen LogP contribution < -0.4 is 0 Å². The fraction of sp³-hybridized carbons (Fsp3) is 0.654. The van der Waals surface area contributed by atoms with E-state index in [-0.39, 0.29) is 30.5 Å². The largest absolute Gasteiger partial charge is 0.359 e. The van der Waals surface area contributed by atoms with Crippen molar-refractivity contribution >= 4 is 5.78 Å². The Kier molecular flexibility index (Phi) is 11.4. The Hall–Kier alpha value is -1.45. The standard InChI is InChI=1S/C26H42O3/c1-18(2)11-9-12-19(3)13-10-14-20(4)15-16-24-23(7)25(27)21(5)22(6)26(24)29-17-28-8/h11,13,15,23-24,26H,9-10,12,14,16-17H2,1-8H3/b19-13+,20-15+/t23-,24-,26+/m0/s1. The van der Waals surface area contributed by atoms with Crippen molar-refractivity contribution in [1.29, 1.82) is 0 Å². The molecule has 0 aliphatic heterocycles. The van der Waals surface area contributed by atoms with E-state index in [0.717, 1.165) is 43.3 Å². The molecule has 0 amide bonds. The summed E-state index contributed by atoms with van der Waals surface area (Å²) < 4.78 is 11.1. The van der Waals surface area contributed by atoms with Crippen molar-refractivity contribution < 1.29 is 14.3 Å². The van der Waals surface area contributed by atoms with E-state index in [1.54, 1.807) is 7.11 Å². The van der Waals surface area contributed by atoms with Gasteiger partial charge in [-0.25, -0.2) is 0 Å². The van der Waals surface area contributed by atoms with Gasteiger partial charge in [-0.2, -0.15) is 0 Å². The number of allylic oxidation sites excluding steroid dienone is 7. The summed E-state index contributed by atoms with van der Waals surface area (Å²) in [6, 6.07) is 0. The van der Waals surface area contributed by atoms with Crippen LogP contribution >= 0.6 is 0 Å². The number of hydrogen-bond acceptors (Lipinski definition) is 3. The molecule has 0 spiro atoms. The average Bonchev–Trinajstić information content (AvgIpc) is 2.67. The second-order valence-electron chi connectivity index (χ2n) is 8.81. The predicted octanol–water partition coefficient (Wildman–Crippen LogP) is 6.96. The lowest BCUT2D eigenvalue weighted by atomic mass is 9.73. The molecule has 3 nitrogen and oxygen atoms in total. The number of ketones is 1. The number of ether oxygens (including phenoxy) is 2. The second-order valence-corrected chi connectivity index (χ2v) is 8.81. The van der Waals surface area contributed by atoms with Crippen molar-refractivity contribution in [3.63, 3.8) is 0 Å². The number of hydrogen-bond donors (Lipinski definition) is 0. The minimum Gasteiger partial charge on any atom is -0.359 e.